The van der Waals surface area contributed by atoms with Gasteiger partial charge in [-0.3, -0.25) is 13.9 Å². The quantitative estimate of drug-likeness (QED) is 0.749. The van der Waals surface area contributed by atoms with E-state index in [1.54, 1.807) is 0 Å². The summed E-state index contributed by atoms with van der Waals surface area (Å²) in [6.07, 6.45) is 2.65. The maximum Gasteiger partial charge on any atom is 0.404 e. The highest BCUT2D eigenvalue weighted by atomic mass is 19.1. The number of carboxylic acid groups (broad SMARTS) is 1. The molecule has 0 saturated heterocycles. The number of halogens is 1. The minimum absolute atomic E-state index is 0.0836. The summed E-state index contributed by atoms with van der Waals surface area (Å²) in [5.41, 5.74) is -0.803. The molecule has 10 heteroatoms. The van der Waals surface area contributed by atoms with E-state index >= 15 is 0 Å². The first-order chi connectivity index (χ1) is 13.8. The lowest BCUT2D eigenvalue weighted by Crippen LogP contribution is -2.45. The molecule has 0 bridgehead atoms. The third kappa shape index (κ3) is 4.64. The van der Waals surface area contributed by atoms with Crippen molar-refractivity contribution >= 4 is 17.1 Å². The molecule has 1 amide bonds. The molecule has 0 unspecified atom stereocenters. The van der Waals surface area contributed by atoms with Crippen molar-refractivity contribution in [2.24, 2.45) is 0 Å². The monoisotopic (exact) mass is 407 g/mol. The maximum atomic E-state index is 13.8. The van der Waals surface area contributed by atoms with Crippen molar-refractivity contribution in [3.63, 3.8) is 0 Å². The second-order valence-corrected chi connectivity index (χ2v) is 7.75. The Bertz CT molecular complexity index is 1010. The third-order valence-corrected chi connectivity index (χ3v) is 5.35. The average Bonchev–Trinajstić information content (AvgIpc) is 2.65. The molecule has 0 aliphatic heterocycles. The topological polar surface area (TPSA) is 109 Å². The number of aromatic nitrogens is 3. The van der Waals surface area contributed by atoms with Gasteiger partial charge >= 0.3 is 11.8 Å². The molecule has 0 atom stereocenters. The molecule has 9 nitrogen and oxygen atoms in total. The van der Waals surface area contributed by atoms with Gasteiger partial charge in [-0.2, -0.15) is 0 Å². The lowest BCUT2D eigenvalue weighted by molar-refractivity contribution is 0.182. The van der Waals surface area contributed by atoms with Crippen LogP contribution in [0.15, 0.2) is 21.9 Å². The summed E-state index contributed by atoms with van der Waals surface area (Å²) in [7, 11) is 3.86. The Balaban J connectivity index is 2.00. The van der Waals surface area contributed by atoms with Gasteiger partial charge in [0.05, 0.1) is 11.6 Å². The number of rotatable bonds is 6. The van der Waals surface area contributed by atoms with Gasteiger partial charge < -0.3 is 15.3 Å². The van der Waals surface area contributed by atoms with Gasteiger partial charge in [-0.15, -0.1) is 0 Å². The molecule has 29 heavy (non-hydrogen) atoms. The van der Waals surface area contributed by atoms with E-state index in [0.717, 1.165) is 18.8 Å². The molecule has 2 N–H and O–H groups in total. The fourth-order valence-electron chi connectivity index (χ4n) is 3.96. The van der Waals surface area contributed by atoms with E-state index in [0.29, 0.717) is 38.6 Å². The number of carbonyl (C=O) groups is 1. The van der Waals surface area contributed by atoms with Crippen molar-refractivity contribution in [3.05, 3.63) is 38.9 Å². The van der Waals surface area contributed by atoms with Crippen LogP contribution < -0.4 is 16.6 Å². The lowest BCUT2D eigenvalue weighted by Gasteiger charge is -2.29. The summed E-state index contributed by atoms with van der Waals surface area (Å²) in [5.74, 6) is -0.631. The molecule has 2 heterocycles. The van der Waals surface area contributed by atoms with Crippen molar-refractivity contribution in [3.8, 4) is 0 Å². The van der Waals surface area contributed by atoms with Gasteiger partial charge in [-0.05, 0) is 58.8 Å². The normalized spacial score (nSPS) is 19.6. The van der Waals surface area contributed by atoms with Gasteiger partial charge in [-0.1, -0.05) is 0 Å². The lowest BCUT2D eigenvalue weighted by atomic mass is 9.91. The smallest absolute Gasteiger partial charge is 0.404 e. The summed E-state index contributed by atoms with van der Waals surface area (Å²) in [6, 6.07) is 0.580. The number of hydrogen-bond acceptors (Lipinski definition) is 5. The second-order valence-electron chi connectivity index (χ2n) is 7.75. The zero-order valence-corrected chi connectivity index (χ0v) is 16.6. The Morgan fingerprint density at radius 3 is 2.62 bits per heavy atom. The van der Waals surface area contributed by atoms with E-state index in [1.165, 1.54) is 9.13 Å². The molecular formula is C19H26FN5O4. The standard InChI is InChI=1S/C19H26FN5O4/c1-23(2)8-3-9-24-16-15(10-12(20)11-21-16)17(26)25(19(24)29)14-6-4-13(5-7-14)22-18(27)28/h10-11,13-14,22H,3-9H2,1-2H3,(H,27,28)/t13-,14+. The van der Waals surface area contributed by atoms with Crippen LogP contribution in [-0.4, -0.2) is 56.9 Å². The number of hydrogen-bond donors (Lipinski definition) is 2. The first kappa shape index (κ1) is 21.0. The summed E-state index contributed by atoms with van der Waals surface area (Å²) in [4.78, 5) is 43.1. The predicted molar refractivity (Wildman–Crippen MR) is 106 cm³/mol. The Morgan fingerprint density at radius 2 is 2.00 bits per heavy atom. The predicted octanol–water partition coefficient (Wildman–Crippen LogP) is 1.40. The Hall–Kier alpha value is -2.75. The maximum absolute atomic E-state index is 13.8. The summed E-state index contributed by atoms with van der Waals surface area (Å²) in [6.45, 7) is 1.11. The number of amides is 1. The van der Waals surface area contributed by atoms with Crippen molar-refractivity contribution < 1.29 is 14.3 Å². The fourth-order valence-corrected chi connectivity index (χ4v) is 3.96. The number of nitrogens with one attached hydrogen (secondary N) is 1. The van der Waals surface area contributed by atoms with Crippen LogP contribution >= 0.6 is 0 Å². The van der Waals surface area contributed by atoms with E-state index in [4.69, 9.17) is 5.11 Å². The molecule has 2 aromatic rings. The summed E-state index contributed by atoms with van der Waals surface area (Å²) >= 11 is 0. The average molecular weight is 407 g/mol. The van der Waals surface area contributed by atoms with Crippen LogP contribution in [0.4, 0.5) is 9.18 Å². The zero-order chi connectivity index (χ0) is 21.1. The van der Waals surface area contributed by atoms with Crippen molar-refractivity contribution in [2.45, 2.75) is 50.7 Å². The third-order valence-electron chi connectivity index (χ3n) is 5.35. The number of aryl methyl sites for hydroxylation is 1. The SMILES string of the molecule is CN(C)CCCn1c(=O)n([C@H]2CC[C@@H](NC(=O)O)CC2)c(=O)c2cc(F)cnc21. The molecule has 0 radical (unpaired) electrons. The molecule has 0 aromatic carbocycles. The first-order valence-electron chi connectivity index (χ1n) is 9.72. The first-order valence-corrected chi connectivity index (χ1v) is 9.72. The summed E-state index contributed by atoms with van der Waals surface area (Å²) in [5, 5.41) is 11.4. The van der Waals surface area contributed by atoms with E-state index in [2.05, 4.69) is 10.3 Å². The van der Waals surface area contributed by atoms with Gasteiger partial charge in [0.15, 0.2) is 0 Å². The van der Waals surface area contributed by atoms with Crippen LogP contribution in [0.25, 0.3) is 11.0 Å². The largest absolute Gasteiger partial charge is 0.465 e. The van der Waals surface area contributed by atoms with E-state index < -0.39 is 23.2 Å². The molecule has 1 saturated carbocycles. The van der Waals surface area contributed by atoms with Crippen LogP contribution in [0, 0.1) is 5.82 Å². The Labute approximate surface area is 166 Å². The molecule has 1 fully saturated rings. The van der Waals surface area contributed by atoms with E-state index in [9.17, 15) is 18.8 Å². The molecule has 2 aromatic heterocycles. The van der Waals surface area contributed by atoms with Crippen LogP contribution in [-0.2, 0) is 6.54 Å². The van der Waals surface area contributed by atoms with Gasteiger partial charge in [0.1, 0.15) is 11.5 Å². The van der Waals surface area contributed by atoms with Crippen LogP contribution in [0.1, 0.15) is 38.1 Å². The number of pyridine rings is 1. The molecule has 0 spiro atoms. The summed E-state index contributed by atoms with van der Waals surface area (Å²) < 4.78 is 16.4. The molecule has 3 rings (SSSR count). The van der Waals surface area contributed by atoms with Crippen LogP contribution in [0.5, 0.6) is 0 Å². The van der Waals surface area contributed by atoms with E-state index in [-0.39, 0.29) is 23.1 Å². The van der Waals surface area contributed by atoms with Crippen molar-refractivity contribution in [1.29, 1.82) is 0 Å². The van der Waals surface area contributed by atoms with Crippen molar-refractivity contribution in [2.75, 3.05) is 20.6 Å². The highest BCUT2D eigenvalue weighted by molar-refractivity contribution is 5.73. The molecule has 158 valence electrons. The van der Waals surface area contributed by atoms with Gasteiger partial charge in [-0.25, -0.2) is 19.0 Å². The van der Waals surface area contributed by atoms with Gasteiger partial charge in [0.25, 0.3) is 5.56 Å². The molecular weight excluding hydrogens is 381 g/mol. The zero-order valence-electron chi connectivity index (χ0n) is 16.6. The van der Waals surface area contributed by atoms with Gasteiger partial charge in [0.2, 0.25) is 0 Å². The highest BCUT2D eigenvalue weighted by Crippen LogP contribution is 2.27. The number of fused-ring (bicyclic) bond motifs is 1. The molecule has 1 aliphatic carbocycles. The van der Waals surface area contributed by atoms with Crippen molar-refractivity contribution in [1.82, 2.24) is 24.3 Å². The number of nitrogens with zero attached hydrogens (tertiary/aromatic N) is 4. The van der Waals surface area contributed by atoms with Crippen LogP contribution in [0.2, 0.25) is 0 Å². The molecule has 1 aliphatic rings. The van der Waals surface area contributed by atoms with Crippen LogP contribution in [0.3, 0.4) is 0 Å². The highest BCUT2D eigenvalue weighted by Gasteiger charge is 2.27. The Kier molecular flexibility index (Phi) is 6.31. The Morgan fingerprint density at radius 1 is 1.31 bits per heavy atom. The van der Waals surface area contributed by atoms with Gasteiger partial charge in [0, 0.05) is 18.6 Å². The second kappa shape index (κ2) is 8.73. The van der Waals surface area contributed by atoms with E-state index in [1.807, 2.05) is 19.0 Å². The fraction of sp³-hybridized carbons (Fsp3) is 0.579. The minimum atomic E-state index is -1.08. The minimum Gasteiger partial charge on any atom is -0.465 e.